The predicted octanol–water partition coefficient (Wildman–Crippen LogP) is 0.916. The van der Waals surface area contributed by atoms with Gasteiger partial charge in [-0.25, -0.2) is 9.89 Å². The molecule has 0 fully saturated rings. The van der Waals surface area contributed by atoms with E-state index in [0.29, 0.717) is 30.4 Å². The van der Waals surface area contributed by atoms with Gasteiger partial charge in [0.25, 0.3) is 0 Å². The van der Waals surface area contributed by atoms with Gasteiger partial charge in [0.2, 0.25) is 0 Å². The molecule has 114 valence electrons. The van der Waals surface area contributed by atoms with E-state index in [2.05, 4.69) is 15.5 Å². The molecule has 1 atom stereocenters. The summed E-state index contributed by atoms with van der Waals surface area (Å²) in [6.45, 7) is 6.75. The number of nitrogens with zero attached hydrogens (tertiary/aromatic N) is 2. The maximum absolute atomic E-state index is 11.4. The normalized spacial score (nSPS) is 14.2. The van der Waals surface area contributed by atoms with Crippen molar-refractivity contribution in [2.45, 2.75) is 50.9 Å². The van der Waals surface area contributed by atoms with E-state index in [0.717, 1.165) is 6.42 Å². The van der Waals surface area contributed by atoms with Gasteiger partial charge in [-0.3, -0.25) is 9.36 Å². The van der Waals surface area contributed by atoms with Crippen LogP contribution >= 0.6 is 11.8 Å². The van der Waals surface area contributed by atoms with Crippen molar-refractivity contribution in [2.24, 2.45) is 0 Å². The smallest absolute Gasteiger partial charge is 0.343 e. The second-order valence-corrected chi connectivity index (χ2v) is 5.78. The molecule has 0 saturated carbocycles. The first-order chi connectivity index (χ1) is 9.44. The quantitative estimate of drug-likeness (QED) is 0.586. The highest BCUT2D eigenvalue weighted by molar-refractivity contribution is 7.99. The number of nitrogens with one attached hydrogen (secondary N) is 2. The Labute approximate surface area is 122 Å². The summed E-state index contributed by atoms with van der Waals surface area (Å²) in [6.07, 6.45) is 1.34. The monoisotopic (exact) mass is 302 g/mol. The first kappa shape index (κ1) is 16.8. The van der Waals surface area contributed by atoms with Gasteiger partial charge in [0.05, 0.1) is 0 Å². The maximum Gasteiger partial charge on any atom is 0.343 e. The zero-order chi connectivity index (χ0) is 15.2. The minimum atomic E-state index is -0.948. The number of aromatic nitrogens is 3. The molecule has 1 aromatic heterocycles. The summed E-state index contributed by atoms with van der Waals surface area (Å²) < 4.78 is 1.53. The van der Waals surface area contributed by atoms with Crippen LogP contribution in [0.5, 0.6) is 0 Å². The summed E-state index contributed by atoms with van der Waals surface area (Å²) in [4.78, 5) is 22.8. The van der Waals surface area contributed by atoms with Crippen LogP contribution in [0.15, 0.2) is 9.95 Å². The third-order valence-corrected chi connectivity index (χ3v) is 4.09. The summed E-state index contributed by atoms with van der Waals surface area (Å²) in [5, 5.41) is 19.3. The van der Waals surface area contributed by atoms with E-state index < -0.39 is 11.5 Å². The molecular weight excluding hydrogens is 280 g/mol. The van der Waals surface area contributed by atoms with Crippen molar-refractivity contribution in [1.29, 1.82) is 0 Å². The molecule has 1 rings (SSSR count). The summed E-state index contributed by atoms with van der Waals surface area (Å²) in [5.41, 5.74) is -1.18. The highest BCUT2D eigenvalue weighted by Gasteiger charge is 2.31. The van der Waals surface area contributed by atoms with Crippen LogP contribution in [0.4, 0.5) is 0 Å². The van der Waals surface area contributed by atoms with Gasteiger partial charge in [0.15, 0.2) is 5.16 Å². The fourth-order valence-electron chi connectivity index (χ4n) is 1.71. The Balaban J connectivity index is 2.60. The minimum absolute atomic E-state index is 0.236. The Morgan fingerprint density at radius 3 is 2.80 bits per heavy atom. The molecule has 0 saturated heterocycles. The molecule has 1 unspecified atom stereocenters. The number of rotatable bonds is 9. The molecular formula is C12H22N4O3S. The fourth-order valence-corrected chi connectivity index (χ4v) is 2.88. The average molecular weight is 302 g/mol. The van der Waals surface area contributed by atoms with E-state index in [1.54, 1.807) is 6.92 Å². The summed E-state index contributed by atoms with van der Waals surface area (Å²) in [5.74, 6) is -0.287. The molecule has 0 radical (unpaired) electrons. The number of H-pyrrole nitrogens is 1. The maximum atomic E-state index is 11.4. The van der Waals surface area contributed by atoms with Crippen LogP contribution in [-0.2, 0) is 11.3 Å². The predicted molar refractivity (Wildman–Crippen MR) is 78.2 cm³/mol. The van der Waals surface area contributed by atoms with Gasteiger partial charge in [-0.05, 0) is 33.2 Å². The number of carbonyl (C=O) groups is 1. The first-order valence-electron chi connectivity index (χ1n) is 6.71. The molecule has 0 aliphatic carbocycles. The molecule has 3 N–H and O–H groups in total. The SMILES string of the molecule is CCCNC(C)(CCSc1n[nH]c(=O)n1CC)C(=O)O. The second-order valence-electron chi connectivity index (χ2n) is 4.72. The molecule has 0 aliphatic rings. The van der Waals surface area contributed by atoms with Crippen molar-refractivity contribution in [3.8, 4) is 0 Å². The lowest BCUT2D eigenvalue weighted by Crippen LogP contribution is -2.50. The Morgan fingerprint density at radius 1 is 1.55 bits per heavy atom. The Morgan fingerprint density at radius 2 is 2.25 bits per heavy atom. The molecule has 0 aliphatic heterocycles. The van der Waals surface area contributed by atoms with Crippen molar-refractivity contribution < 1.29 is 9.90 Å². The van der Waals surface area contributed by atoms with Gasteiger partial charge >= 0.3 is 11.7 Å². The largest absolute Gasteiger partial charge is 0.480 e. The molecule has 0 bridgehead atoms. The Kier molecular flexibility index (Phi) is 6.28. The highest BCUT2D eigenvalue weighted by Crippen LogP contribution is 2.19. The second kappa shape index (κ2) is 7.49. The van der Waals surface area contributed by atoms with Crippen molar-refractivity contribution in [3.63, 3.8) is 0 Å². The van der Waals surface area contributed by atoms with Gasteiger partial charge in [-0.2, -0.15) is 0 Å². The van der Waals surface area contributed by atoms with Crippen LogP contribution in [-0.4, -0.2) is 43.7 Å². The van der Waals surface area contributed by atoms with Crippen molar-refractivity contribution in [2.75, 3.05) is 12.3 Å². The van der Waals surface area contributed by atoms with Gasteiger partial charge in [-0.15, -0.1) is 5.10 Å². The summed E-state index contributed by atoms with van der Waals surface area (Å²) in [6, 6.07) is 0. The molecule has 0 aromatic carbocycles. The molecule has 0 spiro atoms. The van der Waals surface area contributed by atoms with Gasteiger partial charge in [0.1, 0.15) is 5.54 Å². The Bertz CT molecular complexity index is 499. The standard InChI is InChI=1S/C12H22N4O3S/c1-4-7-13-12(3,9(17)18)6-8-20-11-15-14-10(19)16(11)5-2/h13H,4-8H2,1-3H3,(H,14,19)(H,17,18). The van der Waals surface area contributed by atoms with E-state index >= 15 is 0 Å². The van der Waals surface area contributed by atoms with Crippen LogP contribution in [0.3, 0.4) is 0 Å². The first-order valence-corrected chi connectivity index (χ1v) is 7.69. The van der Waals surface area contributed by atoms with E-state index in [1.807, 2.05) is 13.8 Å². The Hall–Kier alpha value is -1.28. The lowest BCUT2D eigenvalue weighted by Gasteiger charge is -2.25. The zero-order valence-electron chi connectivity index (χ0n) is 12.1. The van der Waals surface area contributed by atoms with E-state index in [1.165, 1.54) is 16.3 Å². The third-order valence-electron chi connectivity index (χ3n) is 3.11. The van der Waals surface area contributed by atoms with Crippen molar-refractivity contribution in [1.82, 2.24) is 20.1 Å². The number of aliphatic carboxylic acids is 1. The van der Waals surface area contributed by atoms with Gasteiger partial charge in [0, 0.05) is 12.3 Å². The summed E-state index contributed by atoms with van der Waals surface area (Å²) >= 11 is 1.39. The lowest BCUT2D eigenvalue weighted by molar-refractivity contribution is -0.144. The molecule has 20 heavy (non-hydrogen) atoms. The lowest BCUT2D eigenvalue weighted by atomic mass is 9.99. The third kappa shape index (κ3) is 4.11. The molecule has 1 heterocycles. The topological polar surface area (TPSA) is 100 Å². The van der Waals surface area contributed by atoms with Crippen LogP contribution in [0.2, 0.25) is 0 Å². The van der Waals surface area contributed by atoms with Crippen molar-refractivity contribution >= 4 is 17.7 Å². The molecule has 8 heteroatoms. The van der Waals surface area contributed by atoms with Crippen LogP contribution in [0.25, 0.3) is 0 Å². The van der Waals surface area contributed by atoms with Crippen molar-refractivity contribution in [3.05, 3.63) is 10.5 Å². The van der Waals surface area contributed by atoms with Gasteiger partial charge < -0.3 is 10.4 Å². The van der Waals surface area contributed by atoms with Crippen LogP contribution in [0.1, 0.15) is 33.6 Å². The number of hydrogen-bond donors (Lipinski definition) is 3. The molecule has 1 aromatic rings. The fraction of sp³-hybridized carbons (Fsp3) is 0.750. The summed E-state index contributed by atoms with van der Waals surface area (Å²) in [7, 11) is 0. The van der Waals surface area contributed by atoms with Gasteiger partial charge in [-0.1, -0.05) is 18.7 Å². The highest BCUT2D eigenvalue weighted by atomic mass is 32.2. The minimum Gasteiger partial charge on any atom is -0.480 e. The molecule has 7 nitrogen and oxygen atoms in total. The number of aromatic amines is 1. The average Bonchev–Trinajstić information content (AvgIpc) is 2.76. The van der Waals surface area contributed by atoms with E-state index in [9.17, 15) is 14.7 Å². The number of hydrogen-bond acceptors (Lipinski definition) is 5. The zero-order valence-corrected chi connectivity index (χ0v) is 12.9. The number of carboxylic acids is 1. The van der Waals surface area contributed by atoms with E-state index in [-0.39, 0.29) is 5.69 Å². The van der Waals surface area contributed by atoms with Crippen LogP contribution < -0.4 is 11.0 Å². The number of thioether (sulfide) groups is 1. The van der Waals surface area contributed by atoms with Crippen LogP contribution in [0, 0.1) is 0 Å². The van der Waals surface area contributed by atoms with E-state index in [4.69, 9.17) is 0 Å². The number of carboxylic acid groups (broad SMARTS) is 1. The molecule has 0 amide bonds.